The fourth-order valence-corrected chi connectivity index (χ4v) is 2.48. The van der Waals surface area contributed by atoms with Gasteiger partial charge in [0.25, 0.3) is 0 Å². The lowest BCUT2D eigenvalue weighted by molar-refractivity contribution is 0.433. The quantitative estimate of drug-likeness (QED) is 0.575. The van der Waals surface area contributed by atoms with Gasteiger partial charge < -0.3 is 0 Å². The summed E-state index contributed by atoms with van der Waals surface area (Å²) in [6, 6.07) is 8.96. The van der Waals surface area contributed by atoms with Crippen molar-refractivity contribution in [1.29, 1.82) is 0 Å². The smallest absolute Gasteiger partial charge is 0.0136 e. The maximum absolute atomic E-state index is 2.34. The molecular formula is C17H30. The summed E-state index contributed by atoms with van der Waals surface area (Å²) in [5.74, 6) is 1.60. The zero-order valence-electron chi connectivity index (χ0n) is 12.6. The van der Waals surface area contributed by atoms with Crippen LogP contribution < -0.4 is 0 Å². The van der Waals surface area contributed by atoms with Crippen molar-refractivity contribution in [2.45, 2.75) is 66.7 Å². The molecule has 1 aliphatic rings. The molecule has 1 atom stereocenters. The summed E-state index contributed by atoms with van der Waals surface area (Å²) >= 11 is 0. The van der Waals surface area contributed by atoms with Crippen molar-refractivity contribution in [3.63, 3.8) is 0 Å². The maximum atomic E-state index is 2.34. The van der Waals surface area contributed by atoms with E-state index < -0.39 is 0 Å². The van der Waals surface area contributed by atoms with Gasteiger partial charge in [-0.3, -0.25) is 0 Å². The molecule has 0 heterocycles. The summed E-state index contributed by atoms with van der Waals surface area (Å²) in [5.41, 5.74) is 3.20. The Hall–Kier alpha value is -0.780. The van der Waals surface area contributed by atoms with Gasteiger partial charge in [0.15, 0.2) is 0 Å². The Balaban J connectivity index is 0.000000581. The first kappa shape index (κ1) is 16.2. The van der Waals surface area contributed by atoms with E-state index in [4.69, 9.17) is 0 Å². The topological polar surface area (TPSA) is 0 Å². The lowest BCUT2D eigenvalue weighted by Gasteiger charge is -2.28. The molecule has 0 aliphatic heterocycles. The van der Waals surface area contributed by atoms with Gasteiger partial charge in [-0.15, -0.1) is 0 Å². The zero-order chi connectivity index (χ0) is 13.3. The molecule has 0 saturated carbocycles. The Morgan fingerprint density at radius 1 is 1.00 bits per heavy atom. The van der Waals surface area contributed by atoms with Crippen molar-refractivity contribution in [3.8, 4) is 0 Å². The number of fused-ring (bicyclic) bond motifs is 1. The van der Waals surface area contributed by atoms with E-state index in [1.165, 1.54) is 19.3 Å². The fourth-order valence-electron chi connectivity index (χ4n) is 2.48. The van der Waals surface area contributed by atoms with Crippen LogP contribution in [0.15, 0.2) is 24.3 Å². The molecule has 0 radical (unpaired) electrons. The molecule has 1 unspecified atom stereocenters. The van der Waals surface area contributed by atoms with Crippen LogP contribution in [0.1, 0.15) is 71.4 Å². The third kappa shape index (κ3) is 4.53. The Bertz CT molecular complexity index is 286. The van der Waals surface area contributed by atoms with Crippen molar-refractivity contribution < 1.29 is 0 Å². The van der Waals surface area contributed by atoms with Crippen LogP contribution in [0.25, 0.3) is 0 Å². The van der Waals surface area contributed by atoms with Gasteiger partial charge in [0.05, 0.1) is 0 Å². The van der Waals surface area contributed by atoms with E-state index >= 15 is 0 Å². The van der Waals surface area contributed by atoms with E-state index in [1.807, 2.05) is 27.7 Å². The van der Waals surface area contributed by atoms with Crippen LogP contribution in [0.4, 0.5) is 0 Å². The minimum absolute atomic E-state index is 0.793. The van der Waals surface area contributed by atoms with E-state index in [0.717, 1.165) is 11.8 Å². The molecule has 0 aromatic heterocycles. The Morgan fingerprint density at radius 2 is 1.59 bits per heavy atom. The van der Waals surface area contributed by atoms with Crippen LogP contribution in [-0.4, -0.2) is 0 Å². The third-order valence-electron chi connectivity index (χ3n) is 3.22. The zero-order valence-corrected chi connectivity index (χ0v) is 12.6. The van der Waals surface area contributed by atoms with Crippen molar-refractivity contribution in [3.05, 3.63) is 35.4 Å². The van der Waals surface area contributed by atoms with Gasteiger partial charge in [-0.2, -0.15) is 0 Å². The van der Waals surface area contributed by atoms with Gasteiger partial charge in [0.1, 0.15) is 0 Å². The molecule has 0 amide bonds. The number of aryl methyl sites for hydroxylation is 1. The molecule has 0 fully saturated rings. The first-order valence-electron chi connectivity index (χ1n) is 7.37. The molecule has 0 heteroatoms. The average molecular weight is 234 g/mol. The summed E-state index contributed by atoms with van der Waals surface area (Å²) in [4.78, 5) is 0. The molecule has 0 spiro atoms. The molecule has 0 N–H and O–H groups in total. The molecule has 0 nitrogen and oxygen atoms in total. The Kier molecular flexibility index (Phi) is 8.85. The minimum Gasteiger partial charge on any atom is -0.0683 e. The standard InChI is InChI=1S/C13H18.2C2H6/c1-10(2)12-9-5-7-11-6-3-4-8-13(11)12;2*1-2/h3-4,6,8,10,12H,5,7,9H2,1-2H3;2*1-2H3. The van der Waals surface area contributed by atoms with Crippen LogP contribution in [0.2, 0.25) is 0 Å². The van der Waals surface area contributed by atoms with Crippen LogP contribution in [-0.2, 0) is 6.42 Å². The predicted octanol–water partition coefficient (Wildman–Crippen LogP) is 5.81. The van der Waals surface area contributed by atoms with Crippen LogP contribution in [0.5, 0.6) is 0 Å². The van der Waals surface area contributed by atoms with E-state index in [0.29, 0.717) is 0 Å². The number of benzene rings is 1. The van der Waals surface area contributed by atoms with Crippen molar-refractivity contribution in [2.24, 2.45) is 5.92 Å². The Labute approximate surface area is 108 Å². The number of rotatable bonds is 1. The summed E-state index contributed by atoms with van der Waals surface area (Å²) in [5, 5.41) is 0. The van der Waals surface area contributed by atoms with E-state index in [2.05, 4.69) is 38.1 Å². The van der Waals surface area contributed by atoms with Gasteiger partial charge in [0.2, 0.25) is 0 Å². The lowest BCUT2D eigenvalue weighted by Crippen LogP contribution is -2.14. The lowest BCUT2D eigenvalue weighted by atomic mass is 9.77. The highest BCUT2D eigenvalue weighted by molar-refractivity contribution is 5.32. The molecule has 2 rings (SSSR count). The molecule has 0 saturated heterocycles. The predicted molar refractivity (Wildman–Crippen MR) is 79.7 cm³/mol. The average Bonchev–Trinajstić information content (AvgIpc) is 2.42. The molecule has 98 valence electrons. The van der Waals surface area contributed by atoms with Gasteiger partial charge in [0, 0.05) is 0 Å². The van der Waals surface area contributed by atoms with Gasteiger partial charge >= 0.3 is 0 Å². The highest BCUT2D eigenvalue weighted by Crippen LogP contribution is 2.36. The minimum atomic E-state index is 0.793. The summed E-state index contributed by atoms with van der Waals surface area (Å²) < 4.78 is 0. The Morgan fingerprint density at radius 3 is 2.18 bits per heavy atom. The van der Waals surface area contributed by atoms with Crippen molar-refractivity contribution >= 4 is 0 Å². The van der Waals surface area contributed by atoms with Crippen LogP contribution in [0.3, 0.4) is 0 Å². The second kappa shape index (κ2) is 9.27. The molecule has 1 aromatic carbocycles. The van der Waals surface area contributed by atoms with Gasteiger partial charge in [-0.05, 0) is 42.2 Å². The first-order chi connectivity index (χ1) is 8.29. The summed E-state index contributed by atoms with van der Waals surface area (Å²) in [7, 11) is 0. The monoisotopic (exact) mass is 234 g/mol. The third-order valence-corrected chi connectivity index (χ3v) is 3.22. The van der Waals surface area contributed by atoms with Crippen molar-refractivity contribution in [2.75, 3.05) is 0 Å². The summed E-state index contributed by atoms with van der Waals surface area (Å²) in [6.45, 7) is 12.7. The van der Waals surface area contributed by atoms with Gasteiger partial charge in [-0.25, -0.2) is 0 Å². The highest BCUT2D eigenvalue weighted by atomic mass is 14.3. The van der Waals surface area contributed by atoms with Gasteiger partial charge in [-0.1, -0.05) is 65.8 Å². The normalized spacial score (nSPS) is 17.2. The summed E-state index contributed by atoms with van der Waals surface area (Å²) in [6.07, 6.45) is 4.05. The maximum Gasteiger partial charge on any atom is -0.0136 e. The number of hydrogen-bond acceptors (Lipinski definition) is 0. The molecular weight excluding hydrogens is 204 g/mol. The van der Waals surface area contributed by atoms with Crippen LogP contribution >= 0.6 is 0 Å². The highest BCUT2D eigenvalue weighted by Gasteiger charge is 2.21. The van der Waals surface area contributed by atoms with Crippen molar-refractivity contribution in [1.82, 2.24) is 0 Å². The fraction of sp³-hybridized carbons (Fsp3) is 0.647. The largest absolute Gasteiger partial charge is 0.0683 e. The van der Waals surface area contributed by atoms with Crippen LogP contribution in [0, 0.1) is 5.92 Å². The van der Waals surface area contributed by atoms with E-state index in [-0.39, 0.29) is 0 Å². The molecule has 1 aliphatic carbocycles. The first-order valence-corrected chi connectivity index (χ1v) is 7.37. The SMILES string of the molecule is CC.CC.CC(C)C1CCCc2ccccc21. The molecule has 1 aromatic rings. The van der Waals surface area contributed by atoms with E-state index in [1.54, 1.807) is 11.1 Å². The molecule has 17 heavy (non-hydrogen) atoms. The second-order valence-electron chi connectivity index (χ2n) is 4.44. The molecule has 0 bridgehead atoms. The number of hydrogen-bond donors (Lipinski definition) is 0. The second-order valence-corrected chi connectivity index (χ2v) is 4.44. The van der Waals surface area contributed by atoms with E-state index in [9.17, 15) is 0 Å².